The number of nitro groups is 1. The highest BCUT2D eigenvalue weighted by Crippen LogP contribution is 2.29. The van der Waals surface area contributed by atoms with Gasteiger partial charge >= 0.3 is 5.69 Å². The molecule has 146 valence electrons. The van der Waals surface area contributed by atoms with Crippen LogP contribution >= 0.6 is 0 Å². The van der Waals surface area contributed by atoms with Gasteiger partial charge in [-0.05, 0) is 23.6 Å². The molecule has 0 spiro atoms. The molecule has 3 rings (SSSR count). The zero-order chi connectivity index (χ0) is 20.3. The van der Waals surface area contributed by atoms with Crippen molar-refractivity contribution in [2.45, 2.75) is 19.3 Å². The molecule has 1 aliphatic heterocycles. The lowest BCUT2D eigenvalue weighted by Gasteiger charge is -2.17. The average Bonchev–Trinajstić information content (AvgIpc) is 3.08. The Hall–Kier alpha value is -3.29. The summed E-state index contributed by atoms with van der Waals surface area (Å²) in [4.78, 5) is 36.1. The molecule has 7 nitrogen and oxygen atoms in total. The Labute approximate surface area is 161 Å². The van der Waals surface area contributed by atoms with Crippen LogP contribution in [0.25, 0.3) is 0 Å². The molecule has 2 aromatic carbocycles. The van der Waals surface area contributed by atoms with E-state index in [0.717, 1.165) is 17.7 Å². The van der Waals surface area contributed by atoms with Gasteiger partial charge in [0.25, 0.3) is 0 Å². The Morgan fingerprint density at radius 1 is 1.32 bits per heavy atom. The van der Waals surface area contributed by atoms with Gasteiger partial charge in [0, 0.05) is 25.6 Å². The standard InChI is InChI=1S/C20H20FN3O4/c1-13(14-5-3-2-4-6-14)11-22-20(26)15-9-19(25)23(12-15)16-7-8-17(21)18(10-16)24(27)28/h2-8,10,13,15H,9,11-12H2,1H3,(H,22,26). The van der Waals surface area contributed by atoms with Crippen LogP contribution in [-0.2, 0) is 9.59 Å². The minimum Gasteiger partial charge on any atom is -0.355 e. The van der Waals surface area contributed by atoms with Crippen LogP contribution in [-0.4, -0.2) is 29.8 Å². The van der Waals surface area contributed by atoms with Crippen LogP contribution in [0.3, 0.4) is 0 Å². The smallest absolute Gasteiger partial charge is 0.306 e. The predicted octanol–water partition coefficient (Wildman–Crippen LogP) is 3.01. The van der Waals surface area contributed by atoms with E-state index in [1.807, 2.05) is 37.3 Å². The van der Waals surface area contributed by atoms with Gasteiger partial charge in [-0.25, -0.2) is 0 Å². The molecule has 0 aliphatic carbocycles. The van der Waals surface area contributed by atoms with Gasteiger partial charge < -0.3 is 10.2 Å². The van der Waals surface area contributed by atoms with Gasteiger partial charge in [0.05, 0.1) is 16.5 Å². The summed E-state index contributed by atoms with van der Waals surface area (Å²) in [7, 11) is 0. The summed E-state index contributed by atoms with van der Waals surface area (Å²) in [6.07, 6.45) is 0.0106. The van der Waals surface area contributed by atoms with Crippen LogP contribution in [0.5, 0.6) is 0 Å². The van der Waals surface area contributed by atoms with E-state index >= 15 is 0 Å². The second-order valence-electron chi connectivity index (χ2n) is 6.86. The fourth-order valence-electron chi connectivity index (χ4n) is 3.24. The van der Waals surface area contributed by atoms with Crippen molar-refractivity contribution >= 4 is 23.2 Å². The lowest BCUT2D eigenvalue weighted by molar-refractivity contribution is -0.387. The van der Waals surface area contributed by atoms with Gasteiger partial charge in [0.2, 0.25) is 17.6 Å². The Balaban J connectivity index is 1.63. The molecule has 0 radical (unpaired) electrons. The van der Waals surface area contributed by atoms with Crippen LogP contribution in [0.4, 0.5) is 15.8 Å². The summed E-state index contributed by atoms with van der Waals surface area (Å²) >= 11 is 0. The first-order valence-electron chi connectivity index (χ1n) is 8.93. The number of hydrogen-bond donors (Lipinski definition) is 1. The van der Waals surface area contributed by atoms with Crippen molar-refractivity contribution in [3.05, 3.63) is 70.0 Å². The average molecular weight is 385 g/mol. The third kappa shape index (κ3) is 4.16. The number of nitrogens with zero attached hydrogens (tertiary/aromatic N) is 2. The molecular formula is C20H20FN3O4. The first-order valence-corrected chi connectivity index (χ1v) is 8.93. The number of nitro benzene ring substituents is 1. The number of rotatable bonds is 6. The Bertz CT molecular complexity index is 904. The lowest BCUT2D eigenvalue weighted by Crippen LogP contribution is -2.35. The van der Waals surface area contributed by atoms with E-state index in [2.05, 4.69) is 5.32 Å². The number of carbonyl (C=O) groups excluding carboxylic acids is 2. The van der Waals surface area contributed by atoms with Gasteiger partial charge in [0.15, 0.2) is 0 Å². The maximum absolute atomic E-state index is 13.5. The van der Waals surface area contributed by atoms with Crippen molar-refractivity contribution in [1.29, 1.82) is 0 Å². The van der Waals surface area contributed by atoms with Gasteiger partial charge in [0.1, 0.15) is 0 Å². The van der Waals surface area contributed by atoms with Crippen molar-refractivity contribution in [1.82, 2.24) is 5.32 Å². The molecule has 0 bridgehead atoms. The molecule has 2 amide bonds. The van der Waals surface area contributed by atoms with Crippen LogP contribution in [0.15, 0.2) is 48.5 Å². The maximum Gasteiger partial charge on any atom is 0.306 e. The first kappa shape index (κ1) is 19.5. The molecule has 1 aliphatic rings. The SMILES string of the molecule is CC(CNC(=O)C1CC(=O)N(c2ccc(F)c([N+](=O)[O-])c2)C1)c1ccccc1. The van der Waals surface area contributed by atoms with Gasteiger partial charge in [-0.3, -0.25) is 19.7 Å². The molecule has 0 aromatic heterocycles. The van der Waals surface area contributed by atoms with E-state index < -0.39 is 22.3 Å². The van der Waals surface area contributed by atoms with Crippen LogP contribution in [0.2, 0.25) is 0 Å². The van der Waals surface area contributed by atoms with Crippen LogP contribution < -0.4 is 10.2 Å². The summed E-state index contributed by atoms with van der Waals surface area (Å²) < 4.78 is 13.5. The Morgan fingerprint density at radius 3 is 2.71 bits per heavy atom. The van der Waals surface area contributed by atoms with Crippen molar-refractivity contribution in [3.8, 4) is 0 Å². The monoisotopic (exact) mass is 385 g/mol. The molecule has 2 unspecified atom stereocenters. The number of nitrogens with one attached hydrogen (secondary N) is 1. The maximum atomic E-state index is 13.5. The van der Waals surface area contributed by atoms with E-state index in [1.54, 1.807) is 0 Å². The lowest BCUT2D eigenvalue weighted by atomic mass is 10.0. The number of anilines is 1. The predicted molar refractivity (Wildman–Crippen MR) is 101 cm³/mol. The van der Waals surface area contributed by atoms with Gasteiger partial charge in [-0.2, -0.15) is 4.39 Å². The quantitative estimate of drug-likeness (QED) is 0.611. The van der Waals surface area contributed by atoms with E-state index in [-0.39, 0.29) is 36.4 Å². The summed E-state index contributed by atoms with van der Waals surface area (Å²) in [5.74, 6) is -1.96. The molecule has 1 N–H and O–H groups in total. The number of hydrogen-bond acceptors (Lipinski definition) is 4. The fourth-order valence-corrected chi connectivity index (χ4v) is 3.24. The van der Waals surface area contributed by atoms with Crippen molar-refractivity contribution in [2.75, 3.05) is 18.0 Å². The highest BCUT2D eigenvalue weighted by molar-refractivity contribution is 6.00. The molecular weight excluding hydrogens is 365 g/mol. The van der Waals surface area contributed by atoms with Crippen LogP contribution in [0, 0.1) is 21.8 Å². The summed E-state index contributed by atoms with van der Waals surface area (Å²) in [5.41, 5.74) is 0.617. The summed E-state index contributed by atoms with van der Waals surface area (Å²) in [6.45, 7) is 2.54. The zero-order valence-corrected chi connectivity index (χ0v) is 15.3. The molecule has 0 saturated carbocycles. The largest absolute Gasteiger partial charge is 0.355 e. The molecule has 1 fully saturated rings. The molecule has 8 heteroatoms. The minimum absolute atomic E-state index is 0.0106. The van der Waals surface area contributed by atoms with Crippen molar-refractivity contribution in [2.24, 2.45) is 5.92 Å². The molecule has 2 aromatic rings. The Kier molecular flexibility index (Phi) is 5.67. The molecule has 1 saturated heterocycles. The fraction of sp³-hybridized carbons (Fsp3) is 0.300. The summed E-state index contributed by atoms with van der Waals surface area (Å²) in [6, 6.07) is 13.0. The normalized spacial score (nSPS) is 17.4. The van der Waals surface area contributed by atoms with Gasteiger partial charge in [-0.1, -0.05) is 37.3 Å². The van der Waals surface area contributed by atoms with E-state index in [0.29, 0.717) is 6.54 Å². The van der Waals surface area contributed by atoms with E-state index in [9.17, 15) is 24.1 Å². The molecule has 1 heterocycles. The zero-order valence-electron chi connectivity index (χ0n) is 15.3. The minimum atomic E-state index is -0.968. The third-order valence-corrected chi connectivity index (χ3v) is 4.89. The van der Waals surface area contributed by atoms with E-state index in [1.165, 1.54) is 11.0 Å². The Morgan fingerprint density at radius 2 is 2.04 bits per heavy atom. The topological polar surface area (TPSA) is 92.6 Å². The number of carbonyl (C=O) groups is 2. The van der Waals surface area contributed by atoms with Crippen molar-refractivity contribution in [3.63, 3.8) is 0 Å². The second-order valence-corrected chi connectivity index (χ2v) is 6.86. The second kappa shape index (κ2) is 8.16. The summed E-state index contributed by atoms with van der Waals surface area (Å²) in [5, 5.41) is 13.8. The first-order chi connectivity index (χ1) is 13.4. The van der Waals surface area contributed by atoms with Crippen LogP contribution in [0.1, 0.15) is 24.8 Å². The number of halogens is 1. The highest BCUT2D eigenvalue weighted by atomic mass is 19.1. The van der Waals surface area contributed by atoms with E-state index in [4.69, 9.17) is 0 Å². The number of benzene rings is 2. The highest BCUT2D eigenvalue weighted by Gasteiger charge is 2.36. The third-order valence-electron chi connectivity index (χ3n) is 4.89. The van der Waals surface area contributed by atoms with Crippen molar-refractivity contribution < 1.29 is 18.9 Å². The van der Waals surface area contributed by atoms with Gasteiger partial charge in [-0.15, -0.1) is 0 Å². The molecule has 2 atom stereocenters. The molecule has 28 heavy (non-hydrogen) atoms. The number of amides is 2.